The van der Waals surface area contributed by atoms with Crippen molar-refractivity contribution in [2.24, 2.45) is 11.3 Å². The molecule has 8 heteroatoms. The van der Waals surface area contributed by atoms with Crippen LogP contribution in [-0.4, -0.2) is 34.7 Å². The van der Waals surface area contributed by atoms with E-state index in [1.165, 1.54) is 12.0 Å². The van der Waals surface area contributed by atoms with Crippen molar-refractivity contribution >= 4 is 23.2 Å². The highest BCUT2D eigenvalue weighted by atomic mass is 16.5. The van der Waals surface area contributed by atoms with E-state index in [9.17, 15) is 14.4 Å². The minimum Gasteiger partial charge on any atom is -0.481 e. The Hall–Kier alpha value is -3.81. The molecule has 3 heterocycles. The number of hydrogen-bond donors (Lipinski definition) is 0. The average molecular weight is 447 g/mol. The Balaban J connectivity index is 1.83. The van der Waals surface area contributed by atoms with Crippen LogP contribution in [0, 0.1) is 18.3 Å². The average Bonchev–Trinajstić information content (AvgIpc) is 3.34. The summed E-state index contributed by atoms with van der Waals surface area (Å²) in [5.41, 5.74) is 1.68. The molecule has 1 saturated heterocycles. The van der Waals surface area contributed by atoms with Crippen molar-refractivity contribution in [1.29, 1.82) is 0 Å². The van der Waals surface area contributed by atoms with Gasteiger partial charge in [0, 0.05) is 34.5 Å². The monoisotopic (exact) mass is 447 g/mol. The van der Waals surface area contributed by atoms with Crippen LogP contribution in [0.3, 0.4) is 0 Å². The summed E-state index contributed by atoms with van der Waals surface area (Å²) in [5.74, 6) is -2.11. The Labute approximate surface area is 191 Å². The van der Waals surface area contributed by atoms with Crippen molar-refractivity contribution in [2.45, 2.75) is 33.7 Å². The van der Waals surface area contributed by atoms with E-state index in [1.54, 1.807) is 69.4 Å². The van der Waals surface area contributed by atoms with E-state index in [0.717, 1.165) is 11.3 Å². The fourth-order valence-electron chi connectivity index (χ4n) is 4.08. The van der Waals surface area contributed by atoms with E-state index in [1.807, 2.05) is 6.92 Å². The molecule has 0 spiro atoms. The number of ether oxygens (including phenoxy) is 1. The lowest BCUT2D eigenvalue weighted by Gasteiger charge is -2.30. The largest absolute Gasteiger partial charge is 0.481 e. The molecular weight excluding hydrogens is 422 g/mol. The van der Waals surface area contributed by atoms with Crippen molar-refractivity contribution in [1.82, 2.24) is 10.1 Å². The highest BCUT2D eigenvalue weighted by Gasteiger charge is 2.54. The van der Waals surface area contributed by atoms with Gasteiger partial charge in [-0.2, -0.15) is 0 Å². The summed E-state index contributed by atoms with van der Waals surface area (Å²) in [7, 11) is 1.46. The second kappa shape index (κ2) is 8.27. The molecule has 0 N–H and O–H groups in total. The third-order valence-electron chi connectivity index (χ3n) is 5.70. The Bertz CT molecular complexity index is 1220. The lowest BCUT2D eigenvalue weighted by Crippen LogP contribution is -2.36. The molecule has 3 aromatic rings. The lowest BCUT2D eigenvalue weighted by atomic mass is 9.77. The Morgan fingerprint density at radius 2 is 1.82 bits per heavy atom. The van der Waals surface area contributed by atoms with Gasteiger partial charge in [0.25, 0.3) is 5.91 Å². The molecule has 4 rings (SSSR count). The van der Waals surface area contributed by atoms with E-state index < -0.39 is 29.1 Å². The summed E-state index contributed by atoms with van der Waals surface area (Å²) in [6.45, 7) is 7.04. The van der Waals surface area contributed by atoms with Gasteiger partial charge in [-0.3, -0.25) is 19.3 Å². The third kappa shape index (κ3) is 3.92. The van der Waals surface area contributed by atoms with Crippen LogP contribution in [0.25, 0.3) is 11.3 Å². The standard InChI is InChI=1S/C25H25N3O5/c1-14-13-18(33-27-14)15-8-10-16(11-9-15)28-20(17-7-6-12-26-23(17)32-5)19(21(29)24(28)31)22(30)25(2,3)4/h6-13,19-20H,1-5H3. The number of benzene rings is 1. The predicted molar refractivity (Wildman–Crippen MR) is 121 cm³/mol. The van der Waals surface area contributed by atoms with Crippen LogP contribution in [0.5, 0.6) is 5.88 Å². The van der Waals surface area contributed by atoms with Crippen LogP contribution in [0.2, 0.25) is 0 Å². The van der Waals surface area contributed by atoms with Gasteiger partial charge in [-0.15, -0.1) is 0 Å². The van der Waals surface area contributed by atoms with Gasteiger partial charge in [0.05, 0.1) is 18.8 Å². The maximum Gasteiger partial charge on any atom is 0.295 e. The molecule has 2 aromatic heterocycles. The van der Waals surface area contributed by atoms with Crippen LogP contribution in [-0.2, 0) is 14.4 Å². The summed E-state index contributed by atoms with van der Waals surface area (Å²) < 4.78 is 10.7. The second-order valence-corrected chi connectivity index (χ2v) is 9.06. The number of anilines is 1. The number of methoxy groups -OCH3 is 1. The summed E-state index contributed by atoms with van der Waals surface area (Å²) in [4.78, 5) is 45.3. The minimum atomic E-state index is -1.17. The number of ketones is 2. The number of amides is 1. The van der Waals surface area contributed by atoms with Crippen LogP contribution in [0.4, 0.5) is 5.69 Å². The quantitative estimate of drug-likeness (QED) is 0.431. The van der Waals surface area contributed by atoms with Crippen molar-refractivity contribution in [3.63, 3.8) is 0 Å². The van der Waals surface area contributed by atoms with Crippen molar-refractivity contribution in [3.8, 4) is 17.2 Å². The van der Waals surface area contributed by atoms with E-state index in [2.05, 4.69) is 10.1 Å². The summed E-state index contributed by atoms with van der Waals surface area (Å²) >= 11 is 0. The molecule has 1 aliphatic heterocycles. The number of Topliss-reactive ketones (excluding diaryl/α,β-unsaturated/α-hetero) is 2. The smallest absolute Gasteiger partial charge is 0.295 e. The number of rotatable bonds is 5. The van der Waals surface area contributed by atoms with Gasteiger partial charge in [-0.25, -0.2) is 4.98 Å². The van der Waals surface area contributed by atoms with E-state index in [4.69, 9.17) is 9.26 Å². The van der Waals surface area contributed by atoms with Crippen molar-refractivity contribution in [2.75, 3.05) is 12.0 Å². The summed E-state index contributed by atoms with van der Waals surface area (Å²) in [6, 6.07) is 11.4. The number of aromatic nitrogens is 2. The molecule has 33 heavy (non-hydrogen) atoms. The van der Waals surface area contributed by atoms with Crippen LogP contribution in [0.15, 0.2) is 53.2 Å². The Morgan fingerprint density at radius 1 is 1.12 bits per heavy atom. The number of carbonyl (C=O) groups excluding carboxylic acids is 3. The van der Waals surface area contributed by atoms with Gasteiger partial charge < -0.3 is 9.26 Å². The van der Waals surface area contributed by atoms with Crippen LogP contribution >= 0.6 is 0 Å². The molecule has 8 nitrogen and oxygen atoms in total. The summed E-state index contributed by atoms with van der Waals surface area (Å²) in [5, 5.41) is 3.90. The molecule has 1 aromatic carbocycles. The number of aryl methyl sites for hydroxylation is 1. The van der Waals surface area contributed by atoms with Gasteiger partial charge in [0.1, 0.15) is 5.92 Å². The van der Waals surface area contributed by atoms with E-state index in [0.29, 0.717) is 17.0 Å². The zero-order chi connectivity index (χ0) is 23.9. The molecule has 0 aliphatic carbocycles. The highest BCUT2D eigenvalue weighted by molar-refractivity contribution is 6.48. The Kier molecular flexibility index (Phi) is 5.61. The van der Waals surface area contributed by atoms with Gasteiger partial charge in [0.15, 0.2) is 11.5 Å². The molecule has 1 aliphatic rings. The number of nitrogens with zero attached hydrogens (tertiary/aromatic N) is 3. The predicted octanol–water partition coefficient (Wildman–Crippen LogP) is 3.94. The second-order valence-electron chi connectivity index (χ2n) is 9.06. The van der Waals surface area contributed by atoms with Crippen molar-refractivity contribution in [3.05, 3.63) is 59.9 Å². The van der Waals surface area contributed by atoms with Gasteiger partial charge >= 0.3 is 0 Å². The zero-order valence-electron chi connectivity index (χ0n) is 19.2. The maximum atomic E-state index is 13.3. The first-order valence-electron chi connectivity index (χ1n) is 10.6. The third-order valence-corrected chi connectivity index (χ3v) is 5.70. The topological polar surface area (TPSA) is 103 Å². The van der Waals surface area contributed by atoms with Crippen molar-refractivity contribution < 1.29 is 23.6 Å². The first-order chi connectivity index (χ1) is 15.6. The van der Waals surface area contributed by atoms with Crippen LogP contribution < -0.4 is 9.64 Å². The number of pyridine rings is 1. The molecule has 0 radical (unpaired) electrons. The van der Waals surface area contributed by atoms with Gasteiger partial charge in [0.2, 0.25) is 11.7 Å². The summed E-state index contributed by atoms with van der Waals surface area (Å²) in [6.07, 6.45) is 1.56. The highest BCUT2D eigenvalue weighted by Crippen LogP contribution is 2.45. The van der Waals surface area contributed by atoms with Gasteiger partial charge in [-0.05, 0) is 43.3 Å². The van der Waals surface area contributed by atoms with E-state index in [-0.39, 0.29) is 11.7 Å². The molecule has 1 amide bonds. The number of carbonyl (C=O) groups is 3. The Morgan fingerprint density at radius 3 is 2.39 bits per heavy atom. The van der Waals surface area contributed by atoms with Gasteiger partial charge in [-0.1, -0.05) is 25.9 Å². The first kappa shape index (κ1) is 22.4. The fourth-order valence-corrected chi connectivity index (χ4v) is 4.08. The zero-order valence-corrected chi connectivity index (χ0v) is 19.2. The SMILES string of the molecule is COc1ncccc1C1C(C(=O)C(C)(C)C)C(=O)C(=O)N1c1ccc(-c2cc(C)no2)cc1. The van der Waals surface area contributed by atoms with Crippen LogP contribution in [0.1, 0.15) is 38.1 Å². The lowest BCUT2D eigenvalue weighted by molar-refractivity contribution is -0.141. The molecule has 0 bridgehead atoms. The maximum absolute atomic E-state index is 13.3. The molecule has 2 atom stereocenters. The fraction of sp³-hybridized carbons (Fsp3) is 0.320. The molecule has 1 fully saturated rings. The minimum absolute atomic E-state index is 0.260. The molecule has 2 unspecified atom stereocenters. The molecular formula is C25H25N3O5. The molecule has 0 saturated carbocycles. The van der Waals surface area contributed by atoms with E-state index >= 15 is 0 Å². The molecule has 170 valence electrons. The first-order valence-corrected chi connectivity index (χ1v) is 10.6. The number of hydrogen-bond acceptors (Lipinski definition) is 7. The normalized spacial score (nSPS) is 18.6.